The smallest absolute Gasteiger partial charge is 0.131 e. The first-order valence-electron chi connectivity index (χ1n) is 6.68. The molecule has 0 amide bonds. The van der Waals surface area contributed by atoms with Crippen molar-refractivity contribution in [2.45, 2.75) is 13.1 Å². The lowest BCUT2D eigenvalue weighted by Crippen LogP contribution is -2.26. The van der Waals surface area contributed by atoms with E-state index in [1.165, 1.54) is 11.1 Å². The van der Waals surface area contributed by atoms with Crippen molar-refractivity contribution in [1.29, 1.82) is 0 Å². The molecule has 2 aromatic rings. The number of para-hydroxylation sites is 2. The van der Waals surface area contributed by atoms with E-state index in [1.807, 2.05) is 36.4 Å². The first-order chi connectivity index (χ1) is 9.43. The zero-order valence-corrected chi connectivity index (χ0v) is 10.9. The normalized spacial score (nSPS) is 15.6. The van der Waals surface area contributed by atoms with Crippen LogP contribution in [0.15, 0.2) is 48.5 Å². The van der Waals surface area contributed by atoms with E-state index in [0.717, 1.165) is 37.7 Å². The highest BCUT2D eigenvalue weighted by molar-refractivity contribution is 5.41. The highest BCUT2D eigenvalue weighted by Gasteiger charge is 2.09. The first-order valence-corrected chi connectivity index (χ1v) is 6.68. The molecule has 1 aliphatic heterocycles. The Balaban J connectivity index is 1.97. The van der Waals surface area contributed by atoms with E-state index >= 15 is 0 Å². The molecule has 2 aromatic carbocycles. The van der Waals surface area contributed by atoms with Gasteiger partial charge in [-0.25, -0.2) is 0 Å². The second-order valence-corrected chi connectivity index (χ2v) is 4.67. The van der Waals surface area contributed by atoms with Crippen LogP contribution >= 0.6 is 0 Å². The van der Waals surface area contributed by atoms with Gasteiger partial charge in [0.15, 0.2) is 0 Å². The molecule has 0 bridgehead atoms. The minimum absolute atomic E-state index is 0.833. The Kier molecular flexibility index (Phi) is 3.77. The zero-order valence-electron chi connectivity index (χ0n) is 10.9. The third-order valence-electron chi connectivity index (χ3n) is 3.27. The lowest BCUT2D eigenvalue weighted by Gasteiger charge is -2.13. The van der Waals surface area contributed by atoms with Gasteiger partial charge in [0, 0.05) is 37.3 Å². The second-order valence-electron chi connectivity index (χ2n) is 4.67. The van der Waals surface area contributed by atoms with Crippen LogP contribution in [-0.2, 0) is 13.1 Å². The molecule has 0 fully saturated rings. The van der Waals surface area contributed by atoms with Crippen LogP contribution in [0.1, 0.15) is 11.1 Å². The maximum atomic E-state index is 6.09. The molecular weight excluding hydrogens is 236 g/mol. The number of hydrogen-bond donors (Lipinski definition) is 2. The fourth-order valence-corrected chi connectivity index (χ4v) is 2.24. The number of rotatable bonds is 0. The number of ether oxygens (including phenoxy) is 1. The summed E-state index contributed by atoms with van der Waals surface area (Å²) < 4.78 is 6.09. The van der Waals surface area contributed by atoms with Gasteiger partial charge in [0.05, 0.1) is 0 Å². The fourth-order valence-electron chi connectivity index (χ4n) is 2.24. The summed E-state index contributed by atoms with van der Waals surface area (Å²) in [6.45, 7) is 3.58. The van der Waals surface area contributed by atoms with Gasteiger partial charge in [0.2, 0.25) is 0 Å². The van der Waals surface area contributed by atoms with Crippen LogP contribution in [0.3, 0.4) is 0 Å². The molecule has 3 nitrogen and oxygen atoms in total. The Bertz CT molecular complexity index is 504. The maximum absolute atomic E-state index is 6.09. The Labute approximate surface area is 113 Å². The van der Waals surface area contributed by atoms with Crippen molar-refractivity contribution >= 4 is 0 Å². The summed E-state index contributed by atoms with van der Waals surface area (Å²) in [6, 6.07) is 16.4. The van der Waals surface area contributed by atoms with Crippen molar-refractivity contribution in [3.05, 3.63) is 59.7 Å². The standard InChI is InChI=1S/C16H18N2O/c1-3-7-15-13(5-1)11-17-9-10-18-12-14-6-2-4-8-16(14)19-15/h1-8,17-18H,9-12H2. The van der Waals surface area contributed by atoms with E-state index in [4.69, 9.17) is 4.74 Å². The molecule has 1 heterocycles. The summed E-state index contributed by atoms with van der Waals surface area (Å²) in [5.74, 6) is 1.87. The Morgan fingerprint density at radius 3 is 1.68 bits per heavy atom. The molecule has 98 valence electrons. The van der Waals surface area contributed by atoms with E-state index in [0.29, 0.717) is 0 Å². The van der Waals surface area contributed by atoms with Gasteiger partial charge in [-0.3, -0.25) is 0 Å². The minimum Gasteiger partial charge on any atom is -0.457 e. The van der Waals surface area contributed by atoms with Gasteiger partial charge >= 0.3 is 0 Å². The average molecular weight is 254 g/mol. The minimum atomic E-state index is 0.833. The molecule has 0 radical (unpaired) electrons. The number of nitrogens with one attached hydrogen (secondary N) is 2. The van der Waals surface area contributed by atoms with Crippen molar-refractivity contribution in [3.8, 4) is 11.5 Å². The van der Waals surface area contributed by atoms with Gasteiger partial charge in [0.1, 0.15) is 11.5 Å². The molecule has 0 saturated carbocycles. The average Bonchev–Trinajstić information content (AvgIpc) is 2.49. The Morgan fingerprint density at radius 1 is 0.684 bits per heavy atom. The molecule has 0 aliphatic carbocycles. The van der Waals surface area contributed by atoms with Crippen LogP contribution in [0, 0.1) is 0 Å². The summed E-state index contributed by atoms with van der Waals surface area (Å²) in [5, 5.41) is 6.85. The molecule has 2 N–H and O–H groups in total. The fraction of sp³-hybridized carbons (Fsp3) is 0.250. The number of fused-ring (bicyclic) bond motifs is 2. The highest BCUT2D eigenvalue weighted by Crippen LogP contribution is 2.28. The van der Waals surface area contributed by atoms with Crippen molar-refractivity contribution in [2.75, 3.05) is 13.1 Å². The number of benzene rings is 2. The lowest BCUT2D eigenvalue weighted by atomic mass is 10.2. The molecule has 1 aliphatic rings. The third-order valence-corrected chi connectivity index (χ3v) is 3.27. The third kappa shape index (κ3) is 2.95. The molecular formula is C16H18N2O. The SMILES string of the molecule is c1ccc2c(c1)CNCCNCc1ccccc1O2. The van der Waals surface area contributed by atoms with E-state index in [2.05, 4.69) is 22.8 Å². The van der Waals surface area contributed by atoms with E-state index in [1.54, 1.807) is 0 Å². The van der Waals surface area contributed by atoms with Gasteiger partial charge < -0.3 is 15.4 Å². The maximum Gasteiger partial charge on any atom is 0.131 e. The summed E-state index contributed by atoms with van der Waals surface area (Å²) in [6.07, 6.45) is 0. The van der Waals surface area contributed by atoms with Gasteiger partial charge in [-0.15, -0.1) is 0 Å². The number of hydrogen-bond acceptors (Lipinski definition) is 3. The zero-order chi connectivity index (χ0) is 12.9. The Hall–Kier alpha value is -1.84. The largest absolute Gasteiger partial charge is 0.457 e. The van der Waals surface area contributed by atoms with Gasteiger partial charge in [-0.1, -0.05) is 36.4 Å². The predicted octanol–water partition coefficient (Wildman–Crippen LogP) is 2.67. The molecule has 3 heteroatoms. The van der Waals surface area contributed by atoms with Crippen LogP contribution in [-0.4, -0.2) is 13.1 Å². The summed E-state index contributed by atoms with van der Waals surface area (Å²) in [5.41, 5.74) is 2.39. The Morgan fingerprint density at radius 2 is 1.16 bits per heavy atom. The summed E-state index contributed by atoms with van der Waals surface area (Å²) >= 11 is 0. The molecule has 0 unspecified atom stereocenters. The van der Waals surface area contributed by atoms with Crippen LogP contribution in [0.2, 0.25) is 0 Å². The molecule has 19 heavy (non-hydrogen) atoms. The van der Waals surface area contributed by atoms with Crippen molar-refractivity contribution in [2.24, 2.45) is 0 Å². The molecule has 3 rings (SSSR count). The van der Waals surface area contributed by atoms with Gasteiger partial charge in [-0.2, -0.15) is 0 Å². The molecule has 0 atom stereocenters. The summed E-state index contributed by atoms with van der Waals surface area (Å²) in [7, 11) is 0. The monoisotopic (exact) mass is 254 g/mol. The van der Waals surface area contributed by atoms with Crippen LogP contribution in [0.5, 0.6) is 11.5 Å². The van der Waals surface area contributed by atoms with Crippen LogP contribution in [0.4, 0.5) is 0 Å². The topological polar surface area (TPSA) is 33.3 Å². The quantitative estimate of drug-likeness (QED) is 0.758. The van der Waals surface area contributed by atoms with E-state index in [9.17, 15) is 0 Å². The lowest BCUT2D eigenvalue weighted by molar-refractivity contribution is 0.468. The van der Waals surface area contributed by atoms with Crippen LogP contribution < -0.4 is 15.4 Å². The van der Waals surface area contributed by atoms with Crippen molar-refractivity contribution < 1.29 is 4.74 Å². The van der Waals surface area contributed by atoms with Crippen molar-refractivity contribution in [3.63, 3.8) is 0 Å². The van der Waals surface area contributed by atoms with Crippen LogP contribution in [0.25, 0.3) is 0 Å². The second kappa shape index (κ2) is 5.87. The molecule has 0 saturated heterocycles. The van der Waals surface area contributed by atoms with E-state index in [-0.39, 0.29) is 0 Å². The van der Waals surface area contributed by atoms with Gasteiger partial charge in [-0.05, 0) is 12.1 Å². The van der Waals surface area contributed by atoms with Gasteiger partial charge in [0.25, 0.3) is 0 Å². The summed E-state index contributed by atoms with van der Waals surface area (Å²) in [4.78, 5) is 0. The highest BCUT2D eigenvalue weighted by atomic mass is 16.5. The van der Waals surface area contributed by atoms with E-state index < -0.39 is 0 Å². The predicted molar refractivity (Wildman–Crippen MR) is 76.4 cm³/mol. The van der Waals surface area contributed by atoms with Crippen molar-refractivity contribution in [1.82, 2.24) is 10.6 Å². The molecule has 0 spiro atoms. The first kappa shape index (κ1) is 12.2. The molecule has 0 aromatic heterocycles.